The van der Waals surface area contributed by atoms with Gasteiger partial charge in [-0.1, -0.05) is 12.1 Å². The van der Waals surface area contributed by atoms with Gasteiger partial charge in [-0.05, 0) is 26.0 Å². The van der Waals surface area contributed by atoms with Gasteiger partial charge in [0.2, 0.25) is 5.91 Å². The molecule has 0 saturated carbocycles. The summed E-state index contributed by atoms with van der Waals surface area (Å²) in [6, 6.07) is 7.53. The van der Waals surface area contributed by atoms with Gasteiger partial charge in [0.1, 0.15) is 11.8 Å². The Kier molecular flexibility index (Phi) is 4.27. The van der Waals surface area contributed by atoms with Gasteiger partial charge in [0.05, 0.1) is 12.3 Å². The lowest BCUT2D eigenvalue weighted by atomic mass is 10.1. The molecule has 0 aromatic heterocycles. The van der Waals surface area contributed by atoms with Gasteiger partial charge >= 0.3 is 0 Å². The van der Waals surface area contributed by atoms with Crippen LogP contribution in [0.15, 0.2) is 24.3 Å². The van der Waals surface area contributed by atoms with Crippen molar-refractivity contribution in [3.63, 3.8) is 0 Å². The molecule has 5 heteroatoms. The average molecular weight is 263 g/mol. The number of hydrogen-bond acceptors (Lipinski definition) is 4. The molecule has 1 fully saturated rings. The molecule has 1 amide bonds. The van der Waals surface area contributed by atoms with Crippen LogP contribution in [0.25, 0.3) is 0 Å². The molecule has 104 valence electrons. The third kappa shape index (κ3) is 2.81. The molecule has 1 heterocycles. The molecule has 19 heavy (non-hydrogen) atoms. The van der Waals surface area contributed by atoms with E-state index < -0.39 is 0 Å². The Bertz CT molecular complexity index is 450. The Morgan fingerprint density at radius 1 is 1.47 bits per heavy atom. The quantitative estimate of drug-likeness (QED) is 0.840. The van der Waals surface area contributed by atoms with E-state index >= 15 is 0 Å². The number of hydrogen-bond donors (Lipinski definition) is 2. The van der Waals surface area contributed by atoms with Gasteiger partial charge in [-0.25, -0.2) is 0 Å². The minimum Gasteiger partial charge on any atom is -0.492 e. The molecule has 1 aromatic rings. The van der Waals surface area contributed by atoms with Crippen molar-refractivity contribution in [1.29, 1.82) is 0 Å². The normalized spacial score (nSPS) is 23.1. The topological polar surface area (TPSA) is 67.6 Å². The van der Waals surface area contributed by atoms with Gasteiger partial charge in [-0.3, -0.25) is 4.79 Å². The van der Waals surface area contributed by atoms with E-state index in [1.165, 1.54) is 0 Å². The first-order valence-corrected chi connectivity index (χ1v) is 6.66. The summed E-state index contributed by atoms with van der Waals surface area (Å²) in [7, 11) is 0. The van der Waals surface area contributed by atoms with Crippen molar-refractivity contribution >= 4 is 11.6 Å². The van der Waals surface area contributed by atoms with E-state index in [1.54, 1.807) is 0 Å². The lowest BCUT2D eigenvalue weighted by Gasteiger charge is -2.39. The first kappa shape index (κ1) is 13.7. The van der Waals surface area contributed by atoms with E-state index in [0.717, 1.165) is 18.0 Å². The number of rotatable bonds is 4. The molecular weight excluding hydrogens is 242 g/mol. The van der Waals surface area contributed by atoms with Gasteiger partial charge in [-0.2, -0.15) is 0 Å². The summed E-state index contributed by atoms with van der Waals surface area (Å²) < 4.78 is 5.64. The summed E-state index contributed by atoms with van der Waals surface area (Å²) in [6.07, 6.45) is 0. The van der Waals surface area contributed by atoms with Crippen LogP contribution in [0, 0.1) is 0 Å². The highest BCUT2D eigenvalue weighted by molar-refractivity contribution is 5.87. The minimum atomic E-state index is -0.335. The van der Waals surface area contributed by atoms with Crippen molar-refractivity contribution in [2.24, 2.45) is 5.73 Å². The molecule has 1 aromatic carbocycles. The van der Waals surface area contributed by atoms with Gasteiger partial charge in [-0.15, -0.1) is 0 Å². The molecule has 1 aliphatic rings. The highest BCUT2D eigenvalue weighted by Gasteiger charge is 2.33. The van der Waals surface area contributed by atoms with Crippen LogP contribution in [0.3, 0.4) is 0 Å². The molecule has 1 aliphatic heterocycles. The summed E-state index contributed by atoms with van der Waals surface area (Å²) in [5, 5.41) is 2.93. The standard InChI is InChI=1S/C14H21N3O2/c1-3-19-13-7-5-4-6-11(13)17-9-10(2)16-14(18)12(17)8-15/h4-7,10,12H,3,8-9,15H2,1-2H3,(H,16,18). The van der Waals surface area contributed by atoms with Crippen LogP contribution in [-0.2, 0) is 4.79 Å². The number of carbonyl (C=O) groups is 1. The van der Waals surface area contributed by atoms with Gasteiger partial charge in [0, 0.05) is 19.1 Å². The number of nitrogens with one attached hydrogen (secondary N) is 1. The number of amides is 1. The van der Waals surface area contributed by atoms with Crippen molar-refractivity contribution in [2.75, 3.05) is 24.6 Å². The van der Waals surface area contributed by atoms with Gasteiger partial charge in [0.25, 0.3) is 0 Å². The maximum Gasteiger partial charge on any atom is 0.244 e. The summed E-state index contributed by atoms with van der Waals surface area (Å²) in [5.41, 5.74) is 6.68. The zero-order valence-electron chi connectivity index (χ0n) is 11.4. The number of ether oxygens (including phenoxy) is 1. The number of piperazine rings is 1. The summed E-state index contributed by atoms with van der Waals surface area (Å²) in [5.74, 6) is 0.776. The molecule has 0 aliphatic carbocycles. The van der Waals surface area contributed by atoms with E-state index in [0.29, 0.717) is 13.2 Å². The van der Waals surface area contributed by atoms with E-state index in [9.17, 15) is 4.79 Å². The zero-order chi connectivity index (χ0) is 13.8. The van der Waals surface area contributed by atoms with Crippen molar-refractivity contribution in [2.45, 2.75) is 25.9 Å². The smallest absolute Gasteiger partial charge is 0.244 e. The van der Waals surface area contributed by atoms with Crippen molar-refractivity contribution in [1.82, 2.24) is 5.32 Å². The van der Waals surface area contributed by atoms with Crippen molar-refractivity contribution in [3.05, 3.63) is 24.3 Å². The molecule has 0 spiro atoms. The van der Waals surface area contributed by atoms with E-state index in [1.807, 2.05) is 43.0 Å². The number of nitrogens with two attached hydrogens (primary N) is 1. The molecule has 1 saturated heterocycles. The third-order valence-electron chi connectivity index (χ3n) is 3.24. The molecule has 2 unspecified atom stereocenters. The SMILES string of the molecule is CCOc1ccccc1N1CC(C)NC(=O)C1CN. The van der Waals surface area contributed by atoms with Crippen molar-refractivity contribution in [3.8, 4) is 5.75 Å². The fraction of sp³-hybridized carbons (Fsp3) is 0.500. The van der Waals surface area contributed by atoms with Crippen LogP contribution in [0.4, 0.5) is 5.69 Å². The molecule has 0 radical (unpaired) electrons. The van der Waals surface area contributed by atoms with E-state index in [4.69, 9.17) is 10.5 Å². The second kappa shape index (κ2) is 5.93. The maximum absolute atomic E-state index is 12.0. The highest BCUT2D eigenvalue weighted by atomic mass is 16.5. The minimum absolute atomic E-state index is 0.0208. The van der Waals surface area contributed by atoms with Crippen LogP contribution < -0.4 is 20.7 Å². The molecule has 2 atom stereocenters. The fourth-order valence-electron chi connectivity index (χ4n) is 2.42. The van der Waals surface area contributed by atoms with Crippen LogP contribution in [-0.4, -0.2) is 37.7 Å². The Hall–Kier alpha value is -1.75. The largest absolute Gasteiger partial charge is 0.492 e. The van der Waals surface area contributed by atoms with Gasteiger partial charge in [0.15, 0.2) is 0 Å². The van der Waals surface area contributed by atoms with Crippen LogP contribution in [0.1, 0.15) is 13.8 Å². The Morgan fingerprint density at radius 2 is 2.21 bits per heavy atom. The fourth-order valence-corrected chi connectivity index (χ4v) is 2.42. The van der Waals surface area contributed by atoms with Crippen LogP contribution in [0.2, 0.25) is 0 Å². The average Bonchev–Trinajstić information content (AvgIpc) is 2.39. The monoisotopic (exact) mass is 263 g/mol. The maximum atomic E-state index is 12.0. The first-order chi connectivity index (χ1) is 9.17. The zero-order valence-corrected chi connectivity index (χ0v) is 11.4. The molecule has 5 nitrogen and oxygen atoms in total. The lowest BCUT2D eigenvalue weighted by molar-refractivity contribution is -0.123. The Balaban J connectivity index is 2.34. The number of carbonyl (C=O) groups excluding carboxylic acids is 1. The predicted molar refractivity (Wildman–Crippen MR) is 75.4 cm³/mol. The number of nitrogens with zero attached hydrogens (tertiary/aromatic N) is 1. The molecular formula is C14H21N3O2. The highest BCUT2D eigenvalue weighted by Crippen LogP contribution is 2.30. The Morgan fingerprint density at radius 3 is 2.89 bits per heavy atom. The van der Waals surface area contributed by atoms with Crippen LogP contribution >= 0.6 is 0 Å². The van der Waals surface area contributed by atoms with Crippen LogP contribution in [0.5, 0.6) is 5.75 Å². The summed E-state index contributed by atoms with van der Waals surface area (Å²) >= 11 is 0. The summed E-state index contributed by atoms with van der Waals surface area (Å²) in [4.78, 5) is 14.1. The summed E-state index contributed by atoms with van der Waals surface area (Å²) in [6.45, 7) is 5.56. The predicted octanol–water partition coefficient (Wildman–Crippen LogP) is 0.737. The molecule has 2 rings (SSSR count). The van der Waals surface area contributed by atoms with Crippen molar-refractivity contribution < 1.29 is 9.53 Å². The van der Waals surface area contributed by atoms with E-state index in [2.05, 4.69) is 5.32 Å². The number of benzene rings is 1. The third-order valence-corrected chi connectivity index (χ3v) is 3.24. The number of para-hydroxylation sites is 2. The second-order valence-corrected chi connectivity index (χ2v) is 4.71. The van der Waals surface area contributed by atoms with E-state index in [-0.39, 0.29) is 18.0 Å². The van der Waals surface area contributed by atoms with Gasteiger partial charge < -0.3 is 20.7 Å². The molecule has 3 N–H and O–H groups in total. The number of anilines is 1. The second-order valence-electron chi connectivity index (χ2n) is 4.71. The lowest BCUT2D eigenvalue weighted by Crippen LogP contribution is -2.61. The first-order valence-electron chi connectivity index (χ1n) is 6.66. The molecule has 0 bridgehead atoms. The Labute approximate surface area is 113 Å².